The number of aliphatic carboxylic acids is 1. The summed E-state index contributed by atoms with van der Waals surface area (Å²) in [5, 5.41) is 12.6. The highest BCUT2D eigenvalue weighted by molar-refractivity contribution is 8.00. The summed E-state index contributed by atoms with van der Waals surface area (Å²) in [6.07, 6.45) is 5.36. The Labute approximate surface area is 112 Å². The van der Waals surface area contributed by atoms with Crippen molar-refractivity contribution in [2.45, 2.75) is 43.8 Å². The van der Waals surface area contributed by atoms with Gasteiger partial charge in [-0.1, -0.05) is 6.42 Å². The van der Waals surface area contributed by atoms with Crippen LogP contribution in [0.15, 0.2) is 0 Å². The van der Waals surface area contributed by atoms with E-state index < -0.39 is 5.97 Å². The van der Waals surface area contributed by atoms with Crippen LogP contribution in [-0.2, 0) is 9.59 Å². The first-order chi connectivity index (χ1) is 8.66. The van der Waals surface area contributed by atoms with Crippen molar-refractivity contribution >= 4 is 23.6 Å². The van der Waals surface area contributed by atoms with E-state index in [0.29, 0.717) is 11.7 Å². The number of thioether (sulfide) groups is 1. The Morgan fingerprint density at radius 3 is 2.61 bits per heavy atom. The lowest BCUT2D eigenvalue weighted by molar-refractivity contribution is -0.144. The SMILES string of the molecule is O=C(O)C1CCCC(C(=O)NCC2CCCS2)C1. The summed E-state index contributed by atoms with van der Waals surface area (Å²) in [6.45, 7) is 0.748. The molecule has 102 valence electrons. The van der Waals surface area contributed by atoms with Crippen LogP contribution in [0, 0.1) is 11.8 Å². The molecule has 1 aliphatic carbocycles. The zero-order valence-corrected chi connectivity index (χ0v) is 11.4. The van der Waals surface area contributed by atoms with E-state index in [2.05, 4.69) is 5.32 Å². The molecule has 2 aliphatic rings. The Bertz CT molecular complexity index is 315. The fourth-order valence-electron chi connectivity index (χ4n) is 2.82. The summed E-state index contributed by atoms with van der Waals surface area (Å²) in [6, 6.07) is 0. The van der Waals surface area contributed by atoms with Gasteiger partial charge in [-0.05, 0) is 37.9 Å². The molecule has 0 aromatic rings. The van der Waals surface area contributed by atoms with Crippen LogP contribution in [0.4, 0.5) is 0 Å². The van der Waals surface area contributed by atoms with E-state index in [1.54, 1.807) is 0 Å². The molecule has 4 nitrogen and oxygen atoms in total. The van der Waals surface area contributed by atoms with Crippen molar-refractivity contribution in [1.82, 2.24) is 5.32 Å². The van der Waals surface area contributed by atoms with Crippen molar-refractivity contribution in [3.63, 3.8) is 0 Å². The normalized spacial score (nSPS) is 32.1. The Balaban J connectivity index is 1.75. The molecule has 0 radical (unpaired) electrons. The first kappa shape index (κ1) is 13.7. The molecule has 2 fully saturated rings. The van der Waals surface area contributed by atoms with Gasteiger partial charge in [-0.2, -0.15) is 11.8 Å². The van der Waals surface area contributed by atoms with Gasteiger partial charge < -0.3 is 10.4 Å². The van der Waals surface area contributed by atoms with Gasteiger partial charge in [-0.3, -0.25) is 9.59 Å². The van der Waals surface area contributed by atoms with Crippen LogP contribution in [0.2, 0.25) is 0 Å². The number of carbonyl (C=O) groups is 2. The summed E-state index contributed by atoms with van der Waals surface area (Å²) < 4.78 is 0. The fraction of sp³-hybridized carbons (Fsp3) is 0.846. The first-order valence-electron chi connectivity index (χ1n) is 6.79. The third-order valence-electron chi connectivity index (χ3n) is 3.92. The van der Waals surface area contributed by atoms with Gasteiger partial charge in [0.25, 0.3) is 0 Å². The van der Waals surface area contributed by atoms with Crippen molar-refractivity contribution < 1.29 is 14.7 Å². The highest BCUT2D eigenvalue weighted by atomic mass is 32.2. The lowest BCUT2D eigenvalue weighted by Gasteiger charge is -2.26. The fourth-order valence-corrected chi connectivity index (χ4v) is 4.02. The topological polar surface area (TPSA) is 66.4 Å². The predicted molar refractivity (Wildman–Crippen MR) is 71.6 cm³/mol. The Morgan fingerprint density at radius 1 is 1.17 bits per heavy atom. The Hall–Kier alpha value is -0.710. The van der Waals surface area contributed by atoms with Crippen LogP contribution >= 0.6 is 11.8 Å². The standard InChI is InChI=1S/C13H21NO3S/c15-12(14-8-11-5-2-6-18-11)9-3-1-4-10(7-9)13(16)17/h9-11H,1-8H2,(H,14,15)(H,16,17). The van der Waals surface area contributed by atoms with E-state index in [4.69, 9.17) is 5.11 Å². The molecule has 2 rings (SSSR count). The quantitative estimate of drug-likeness (QED) is 0.819. The minimum absolute atomic E-state index is 0.0634. The number of rotatable bonds is 4. The zero-order chi connectivity index (χ0) is 13.0. The second-order valence-electron chi connectivity index (χ2n) is 5.28. The molecule has 2 N–H and O–H groups in total. The average Bonchev–Trinajstić information content (AvgIpc) is 2.89. The van der Waals surface area contributed by atoms with Crippen LogP contribution in [-0.4, -0.2) is 34.5 Å². The third kappa shape index (κ3) is 3.64. The van der Waals surface area contributed by atoms with Gasteiger partial charge in [0.2, 0.25) is 5.91 Å². The maximum absolute atomic E-state index is 12.0. The summed E-state index contributed by atoms with van der Waals surface area (Å²) in [7, 11) is 0. The number of amides is 1. The Kier molecular flexibility index (Phi) is 4.92. The van der Waals surface area contributed by atoms with Gasteiger partial charge in [0.15, 0.2) is 0 Å². The van der Waals surface area contributed by atoms with E-state index in [0.717, 1.165) is 25.8 Å². The molecule has 0 spiro atoms. The molecule has 5 heteroatoms. The molecule has 1 saturated carbocycles. The summed E-state index contributed by atoms with van der Waals surface area (Å²) in [4.78, 5) is 23.0. The van der Waals surface area contributed by atoms with Gasteiger partial charge in [0.1, 0.15) is 0 Å². The minimum Gasteiger partial charge on any atom is -0.481 e. The molecule has 18 heavy (non-hydrogen) atoms. The second-order valence-corrected chi connectivity index (χ2v) is 6.69. The number of carbonyl (C=O) groups excluding carboxylic acids is 1. The molecule has 0 aromatic carbocycles. The highest BCUT2D eigenvalue weighted by Gasteiger charge is 2.31. The van der Waals surface area contributed by atoms with Crippen LogP contribution in [0.5, 0.6) is 0 Å². The van der Waals surface area contributed by atoms with Gasteiger partial charge in [-0.25, -0.2) is 0 Å². The van der Waals surface area contributed by atoms with E-state index >= 15 is 0 Å². The molecule has 1 heterocycles. The molecule has 3 atom stereocenters. The van der Waals surface area contributed by atoms with E-state index in [1.807, 2.05) is 11.8 Å². The molecular formula is C13H21NO3S. The maximum atomic E-state index is 12.0. The largest absolute Gasteiger partial charge is 0.481 e. The van der Waals surface area contributed by atoms with E-state index in [1.165, 1.54) is 18.6 Å². The second kappa shape index (κ2) is 6.45. The number of hydrogen-bond donors (Lipinski definition) is 2. The summed E-state index contributed by atoms with van der Waals surface area (Å²) in [5.41, 5.74) is 0. The van der Waals surface area contributed by atoms with Crippen molar-refractivity contribution in [2.24, 2.45) is 11.8 Å². The molecule has 0 bridgehead atoms. The third-order valence-corrected chi connectivity index (χ3v) is 5.32. The minimum atomic E-state index is -0.751. The smallest absolute Gasteiger partial charge is 0.306 e. The van der Waals surface area contributed by atoms with Crippen LogP contribution in [0.3, 0.4) is 0 Å². The molecule has 3 unspecified atom stereocenters. The van der Waals surface area contributed by atoms with E-state index in [-0.39, 0.29) is 17.7 Å². The lowest BCUT2D eigenvalue weighted by atomic mass is 9.81. The predicted octanol–water partition coefficient (Wildman–Crippen LogP) is 1.89. The lowest BCUT2D eigenvalue weighted by Crippen LogP contribution is -2.38. The molecule has 1 saturated heterocycles. The molecule has 1 amide bonds. The van der Waals surface area contributed by atoms with Gasteiger partial charge in [0.05, 0.1) is 5.92 Å². The summed E-state index contributed by atoms with van der Waals surface area (Å²) in [5.74, 6) is 0.0966. The number of carboxylic acids is 1. The first-order valence-corrected chi connectivity index (χ1v) is 7.84. The Morgan fingerprint density at radius 2 is 1.94 bits per heavy atom. The van der Waals surface area contributed by atoms with Crippen LogP contribution < -0.4 is 5.32 Å². The highest BCUT2D eigenvalue weighted by Crippen LogP contribution is 2.30. The maximum Gasteiger partial charge on any atom is 0.306 e. The number of nitrogens with one attached hydrogen (secondary N) is 1. The van der Waals surface area contributed by atoms with Crippen LogP contribution in [0.25, 0.3) is 0 Å². The van der Waals surface area contributed by atoms with Gasteiger partial charge in [-0.15, -0.1) is 0 Å². The number of carboxylic acid groups (broad SMARTS) is 1. The van der Waals surface area contributed by atoms with Crippen molar-refractivity contribution in [2.75, 3.05) is 12.3 Å². The van der Waals surface area contributed by atoms with Crippen molar-refractivity contribution in [1.29, 1.82) is 0 Å². The monoisotopic (exact) mass is 271 g/mol. The number of hydrogen-bond acceptors (Lipinski definition) is 3. The van der Waals surface area contributed by atoms with Gasteiger partial charge in [0, 0.05) is 17.7 Å². The van der Waals surface area contributed by atoms with E-state index in [9.17, 15) is 9.59 Å². The zero-order valence-electron chi connectivity index (χ0n) is 10.6. The van der Waals surface area contributed by atoms with Crippen LogP contribution in [0.1, 0.15) is 38.5 Å². The average molecular weight is 271 g/mol. The van der Waals surface area contributed by atoms with Crippen molar-refractivity contribution in [3.8, 4) is 0 Å². The summed E-state index contributed by atoms with van der Waals surface area (Å²) >= 11 is 1.93. The molecule has 1 aliphatic heterocycles. The molecular weight excluding hydrogens is 250 g/mol. The molecule has 0 aromatic heterocycles. The van der Waals surface area contributed by atoms with Crippen molar-refractivity contribution in [3.05, 3.63) is 0 Å². The van der Waals surface area contributed by atoms with Gasteiger partial charge >= 0.3 is 5.97 Å².